The molecule has 0 radical (unpaired) electrons. The van der Waals surface area contributed by atoms with Crippen molar-refractivity contribution >= 4 is 15.9 Å². The lowest BCUT2D eigenvalue weighted by Gasteiger charge is -2.56. The zero-order valence-corrected chi connectivity index (χ0v) is 15.7. The second-order valence-corrected chi connectivity index (χ2v) is 10.4. The first-order valence-electron chi connectivity index (χ1n) is 9.64. The molecule has 0 aromatic heterocycles. The molecule has 0 spiro atoms. The zero-order valence-electron chi connectivity index (χ0n) is 14.9. The first-order chi connectivity index (χ1) is 11.4. The van der Waals surface area contributed by atoms with Crippen LogP contribution < -0.4 is 10.0 Å². The van der Waals surface area contributed by atoms with Crippen molar-refractivity contribution in [3.05, 3.63) is 0 Å². The van der Waals surface area contributed by atoms with Gasteiger partial charge in [0.25, 0.3) is 0 Å². The van der Waals surface area contributed by atoms with Crippen molar-refractivity contribution in [2.75, 3.05) is 18.8 Å². The molecule has 4 aliphatic carbocycles. The van der Waals surface area contributed by atoms with Crippen LogP contribution in [0.25, 0.3) is 0 Å². The van der Waals surface area contributed by atoms with Gasteiger partial charge in [0.2, 0.25) is 15.9 Å². The summed E-state index contributed by atoms with van der Waals surface area (Å²) in [5, 5.41) is 2.92. The highest BCUT2D eigenvalue weighted by Crippen LogP contribution is 2.61. The quantitative estimate of drug-likeness (QED) is 0.623. The highest BCUT2D eigenvalue weighted by Gasteiger charge is 2.51. The number of unbranched alkanes of at least 4 members (excludes halogenated alkanes) is 1. The maximum Gasteiger partial charge on any atom is 0.220 e. The van der Waals surface area contributed by atoms with Crippen LogP contribution in [0.15, 0.2) is 0 Å². The highest BCUT2D eigenvalue weighted by atomic mass is 32.2. The lowest BCUT2D eigenvalue weighted by atomic mass is 9.49. The molecule has 0 aliphatic heterocycles. The lowest BCUT2D eigenvalue weighted by Crippen LogP contribution is -2.48. The molecule has 0 aromatic rings. The Labute approximate surface area is 146 Å². The van der Waals surface area contributed by atoms with Crippen LogP contribution in [0.1, 0.15) is 64.7 Å². The summed E-state index contributed by atoms with van der Waals surface area (Å²) in [6.45, 7) is 2.65. The molecule has 24 heavy (non-hydrogen) atoms. The van der Waals surface area contributed by atoms with E-state index in [0.29, 0.717) is 25.9 Å². The predicted octanol–water partition coefficient (Wildman–Crippen LogP) is 2.43. The minimum Gasteiger partial charge on any atom is -0.355 e. The van der Waals surface area contributed by atoms with Crippen LogP contribution in [0.2, 0.25) is 0 Å². The summed E-state index contributed by atoms with van der Waals surface area (Å²) >= 11 is 0. The van der Waals surface area contributed by atoms with Gasteiger partial charge in [-0.05, 0) is 68.1 Å². The van der Waals surface area contributed by atoms with Gasteiger partial charge in [0.15, 0.2) is 0 Å². The average molecular weight is 357 g/mol. The summed E-state index contributed by atoms with van der Waals surface area (Å²) in [6, 6.07) is 0. The Bertz CT molecular complexity index is 523. The molecule has 0 saturated heterocycles. The van der Waals surface area contributed by atoms with E-state index < -0.39 is 10.0 Å². The second-order valence-electron chi connectivity index (χ2n) is 8.51. The summed E-state index contributed by atoms with van der Waals surface area (Å²) in [5.41, 5.74) is 0.249. The van der Waals surface area contributed by atoms with Crippen molar-refractivity contribution in [2.45, 2.75) is 64.7 Å². The third-order valence-electron chi connectivity index (χ3n) is 6.24. The fourth-order valence-electron chi connectivity index (χ4n) is 5.72. The molecule has 2 N–H and O–H groups in total. The van der Waals surface area contributed by atoms with E-state index in [1.54, 1.807) is 0 Å². The van der Waals surface area contributed by atoms with Crippen LogP contribution in [0.3, 0.4) is 0 Å². The first-order valence-corrected chi connectivity index (χ1v) is 11.3. The van der Waals surface area contributed by atoms with Gasteiger partial charge in [0.1, 0.15) is 0 Å². The van der Waals surface area contributed by atoms with Gasteiger partial charge in [-0.2, -0.15) is 0 Å². The van der Waals surface area contributed by atoms with Gasteiger partial charge in [0.05, 0.1) is 5.75 Å². The summed E-state index contributed by atoms with van der Waals surface area (Å²) in [4.78, 5) is 12.3. The minimum absolute atomic E-state index is 0.102. The molecule has 4 fully saturated rings. The highest BCUT2D eigenvalue weighted by molar-refractivity contribution is 7.89. The van der Waals surface area contributed by atoms with E-state index in [0.717, 1.165) is 24.2 Å². The molecule has 6 heteroatoms. The number of carbonyl (C=O) groups excluding carboxylic acids is 1. The molecule has 0 aromatic carbocycles. The molecule has 138 valence electrons. The summed E-state index contributed by atoms with van der Waals surface area (Å²) < 4.78 is 26.0. The molecule has 5 nitrogen and oxygen atoms in total. The zero-order chi connectivity index (χ0) is 17.2. The molecular formula is C18H32N2O3S. The van der Waals surface area contributed by atoms with E-state index in [4.69, 9.17) is 0 Å². The van der Waals surface area contributed by atoms with Gasteiger partial charge >= 0.3 is 0 Å². The van der Waals surface area contributed by atoms with E-state index in [2.05, 4.69) is 10.0 Å². The summed E-state index contributed by atoms with van der Waals surface area (Å²) in [5.74, 6) is 2.84. The number of amides is 1. The molecule has 1 amide bonds. The summed E-state index contributed by atoms with van der Waals surface area (Å²) in [6.07, 6.45) is 10.0. The monoisotopic (exact) mass is 356 g/mol. The van der Waals surface area contributed by atoms with Gasteiger partial charge in [-0.15, -0.1) is 0 Å². The van der Waals surface area contributed by atoms with Crippen LogP contribution in [0, 0.1) is 23.2 Å². The van der Waals surface area contributed by atoms with Gasteiger partial charge in [-0.3, -0.25) is 4.79 Å². The first kappa shape index (κ1) is 18.2. The molecule has 0 unspecified atom stereocenters. The van der Waals surface area contributed by atoms with Crippen LogP contribution in [0.4, 0.5) is 0 Å². The van der Waals surface area contributed by atoms with Gasteiger partial charge in [-0.25, -0.2) is 13.1 Å². The Balaban J connectivity index is 1.39. The molecule has 0 heterocycles. The maximum atomic E-state index is 12.3. The Morgan fingerprint density at radius 2 is 1.62 bits per heavy atom. The van der Waals surface area contributed by atoms with Gasteiger partial charge < -0.3 is 5.32 Å². The number of hydrogen-bond acceptors (Lipinski definition) is 3. The molecule has 4 aliphatic rings. The Morgan fingerprint density at radius 1 is 1.04 bits per heavy atom. The normalized spacial score (nSPS) is 34.5. The van der Waals surface area contributed by atoms with Crippen molar-refractivity contribution in [1.29, 1.82) is 0 Å². The molecule has 4 bridgehead atoms. The van der Waals surface area contributed by atoms with E-state index in [1.807, 2.05) is 6.92 Å². The van der Waals surface area contributed by atoms with Crippen molar-refractivity contribution in [3.63, 3.8) is 0 Å². The number of nitrogens with one attached hydrogen (secondary N) is 2. The van der Waals surface area contributed by atoms with Crippen molar-refractivity contribution in [2.24, 2.45) is 23.2 Å². The standard InChI is InChI=1S/C18H32N2O3S/c1-2-3-6-24(22,23)20-5-4-19-17(21)13-18-10-14-7-15(11-18)9-16(8-14)12-18/h14-16,20H,2-13H2,1H3,(H,19,21). The third-order valence-corrected chi connectivity index (χ3v) is 7.71. The fraction of sp³-hybridized carbons (Fsp3) is 0.944. The minimum atomic E-state index is -3.19. The second kappa shape index (κ2) is 7.32. The number of hydrogen-bond donors (Lipinski definition) is 2. The Morgan fingerprint density at radius 3 is 2.17 bits per heavy atom. The largest absolute Gasteiger partial charge is 0.355 e. The Kier molecular flexibility index (Phi) is 5.55. The van der Waals surface area contributed by atoms with Crippen molar-refractivity contribution in [1.82, 2.24) is 10.0 Å². The van der Waals surface area contributed by atoms with Crippen LogP contribution in [-0.2, 0) is 14.8 Å². The van der Waals surface area contributed by atoms with E-state index >= 15 is 0 Å². The third kappa shape index (κ3) is 4.51. The molecule has 4 saturated carbocycles. The van der Waals surface area contributed by atoms with Crippen LogP contribution in [-0.4, -0.2) is 33.2 Å². The predicted molar refractivity (Wildman–Crippen MR) is 94.9 cm³/mol. The molecule has 4 rings (SSSR count). The van der Waals surface area contributed by atoms with Gasteiger partial charge in [0, 0.05) is 19.5 Å². The topological polar surface area (TPSA) is 75.3 Å². The summed E-state index contributed by atoms with van der Waals surface area (Å²) in [7, 11) is -3.19. The maximum absolute atomic E-state index is 12.3. The van der Waals surface area contributed by atoms with Crippen LogP contribution >= 0.6 is 0 Å². The fourth-order valence-corrected chi connectivity index (χ4v) is 6.95. The average Bonchev–Trinajstić information content (AvgIpc) is 2.48. The van der Waals surface area contributed by atoms with Gasteiger partial charge in [-0.1, -0.05) is 13.3 Å². The van der Waals surface area contributed by atoms with Crippen molar-refractivity contribution in [3.8, 4) is 0 Å². The van der Waals surface area contributed by atoms with Crippen LogP contribution in [0.5, 0.6) is 0 Å². The Hall–Kier alpha value is -0.620. The van der Waals surface area contributed by atoms with E-state index in [-0.39, 0.29) is 17.1 Å². The smallest absolute Gasteiger partial charge is 0.220 e. The molecular weight excluding hydrogens is 324 g/mol. The SMILES string of the molecule is CCCCS(=O)(=O)NCCNC(=O)CC12CC3CC(CC(C3)C1)C2. The number of carbonyl (C=O) groups is 1. The van der Waals surface area contributed by atoms with Crippen molar-refractivity contribution < 1.29 is 13.2 Å². The van der Waals surface area contributed by atoms with E-state index in [1.165, 1.54) is 38.5 Å². The number of sulfonamides is 1. The lowest BCUT2D eigenvalue weighted by molar-refractivity contribution is -0.129. The molecule has 0 atom stereocenters. The van der Waals surface area contributed by atoms with E-state index in [9.17, 15) is 13.2 Å². The number of rotatable bonds is 9.